The van der Waals surface area contributed by atoms with Crippen LogP contribution in [0.4, 0.5) is 5.69 Å². The van der Waals surface area contributed by atoms with Gasteiger partial charge in [0.25, 0.3) is 0 Å². The first kappa shape index (κ1) is 9.73. The van der Waals surface area contributed by atoms with E-state index in [9.17, 15) is 0 Å². The van der Waals surface area contributed by atoms with Crippen molar-refractivity contribution in [2.24, 2.45) is 0 Å². The molecule has 1 aliphatic heterocycles. The van der Waals surface area contributed by atoms with E-state index >= 15 is 0 Å². The van der Waals surface area contributed by atoms with Crippen molar-refractivity contribution < 1.29 is 9.47 Å². The molecule has 0 aliphatic carbocycles. The van der Waals surface area contributed by atoms with Crippen molar-refractivity contribution in [2.75, 3.05) is 18.9 Å². The number of pyridine rings is 1. The normalized spacial score (nSPS) is 16.4. The summed E-state index contributed by atoms with van der Waals surface area (Å²) in [5.74, 6) is 0.588. The van der Waals surface area contributed by atoms with Crippen LogP contribution in [-0.4, -0.2) is 24.3 Å². The van der Waals surface area contributed by atoms with Gasteiger partial charge in [0.05, 0.1) is 29.6 Å². The van der Waals surface area contributed by atoms with Crippen LogP contribution >= 0.6 is 15.9 Å². The molecular formula is C9H11BrN2O2. The summed E-state index contributed by atoms with van der Waals surface area (Å²) >= 11 is 3.40. The summed E-state index contributed by atoms with van der Waals surface area (Å²) in [6.07, 6.45) is 1.73. The Bertz CT molecular complexity index is 353. The number of anilines is 1. The maximum atomic E-state index is 5.69. The molecule has 0 radical (unpaired) electrons. The van der Waals surface area contributed by atoms with Crippen LogP contribution < -0.4 is 10.5 Å². The third-order valence-corrected chi connectivity index (χ3v) is 3.09. The Morgan fingerprint density at radius 2 is 2.36 bits per heavy atom. The fraction of sp³-hybridized carbons (Fsp3) is 0.444. The number of hydrogen-bond donors (Lipinski definition) is 1. The van der Waals surface area contributed by atoms with Gasteiger partial charge in [-0.25, -0.2) is 4.98 Å². The molecule has 1 aromatic rings. The molecule has 1 saturated heterocycles. The van der Waals surface area contributed by atoms with E-state index in [4.69, 9.17) is 15.2 Å². The summed E-state index contributed by atoms with van der Waals surface area (Å²) in [6, 6.07) is 0. The molecule has 1 aliphatic rings. The Kier molecular flexibility index (Phi) is 2.60. The minimum Gasteiger partial charge on any atom is -0.469 e. The van der Waals surface area contributed by atoms with Gasteiger partial charge in [-0.15, -0.1) is 0 Å². The molecule has 5 heteroatoms. The average Bonchev–Trinajstić information content (AvgIpc) is 2.10. The number of hydrogen-bond acceptors (Lipinski definition) is 4. The van der Waals surface area contributed by atoms with Gasteiger partial charge in [-0.2, -0.15) is 0 Å². The number of nitrogens with two attached hydrogens (primary N) is 1. The number of halogens is 1. The zero-order valence-electron chi connectivity index (χ0n) is 7.79. The second kappa shape index (κ2) is 3.74. The first-order chi connectivity index (χ1) is 6.68. The minimum absolute atomic E-state index is 0.127. The fourth-order valence-electron chi connectivity index (χ4n) is 1.09. The standard InChI is InChI=1S/C9H11BrN2O2/c1-5-7(11)2-12-9(8(5)10)14-6-3-13-4-6/h2,6H,3-4,11H2,1H3. The monoisotopic (exact) mass is 258 g/mol. The highest BCUT2D eigenvalue weighted by Gasteiger charge is 2.22. The quantitative estimate of drug-likeness (QED) is 0.874. The van der Waals surface area contributed by atoms with E-state index in [2.05, 4.69) is 20.9 Å². The highest BCUT2D eigenvalue weighted by Crippen LogP contribution is 2.30. The molecule has 2 N–H and O–H groups in total. The van der Waals surface area contributed by atoms with Gasteiger partial charge in [0.1, 0.15) is 6.10 Å². The number of ether oxygens (including phenoxy) is 2. The van der Waals surface area contributed by atoms with E-state index in [0.29, 0.717) is 24.8 Å². The third kappa shape index (κ3) is 1.69. The molecule has 0 spiro atoms. The van der Waals surface area contributed by atoms with E-state index in [0.717, 1.165) is 10.0 Å². The molecule has 2 heterocycles. The molecular weight excluding hydrogens is 248 g/mol. The van der Waals surface area contributed by atoms with Gasteiger partial charge in [0.15, 0.2) is 0 Å². The molecule has 0 atom stereocenters. The molecule has 2 rings (SSSR count). The summed E-state index contributed by atoms with van der Waals surface area (Å²) in [5.41, 5.74) is 7.31. The minimum atomic E-state index is 0.127. The lowest BCUT2D eigenvalue weighted by molar-refractivity contribution is -0.0816. The largest absolute Gasteiger partial charge is 0.469 e. The fourth-order valence-corrected chi connectivity index (χ4v) is 1.52. The third-order valence-electron chi connectivity index (χ3n) is 2.16. The Balaban J connectivity index is 2.20. The highest BCUT2D eigenvalue weighted by molar-refractivity contribution is 9.10. The molecule has 0 aromatic carbocycles. The Morgan fingerprint density at radius 3 is 2.93 bits per heavy atom. The van der Waals surface area contributed by atoms with Gasteiger partial charge in [-0.1, -0.05) is 0 Å². The number of nitrogen functional groups attached to an aromatic ring is 1. The summed E-state index contributed by atoms with van der Waals surface area (Å²) in [6.45, 7) is 3.19. The van der Waals surface area contributed by atoms with Crippen molar-refractivity contribution in [3.05, 3.63) is 16.2 Å². The van der Waals surface area contributed by atoms with Gasteiger partial charge in [-0.3, -0.25) is 0 Å². The summed E-state index contributed by atoms with van der Waals surface area (Å²) in [4.78, 5) is 4.11. The van der Waals surface area contributed by atoms with Crippen LogP contribution in [-0.2, 0) is 4.74 Å². The lowest BCUT2D eigenvalue weighted by atomic mass is 10.2. The summed E-state index contributed by atoms with van der Waals surface area (Å²) in [7, 11) is 0. The topological polar surface area (TPSA) is 57.4 Å². The maximum Gasteiger partial charge on any atom is 0.228 e. The van der Waals surface area contributed by atoms with Crippen LogP contribution in [0, 0.1) is 6.92 Å². The van der Waals surface area contributed by atoms with Gasteiger partial charge < -0.3 is 15.2 Å². The van der Waals surface area contributed by atoms with Gasteiger partial charge in [0, 0.05) is 0 Å². The predicted octanol–water partition coefficient (Wildman–Crippen LogP) is 1.51. The van der Waals surface area contributed by atoms with E-state index in [1.54, 1.807) is 6.20 Å². The summed E-state index contributed by atoms with van der Waals surface area (Å²) in [5, 5.41) is 0. The second-order valence-electron chi connectivity index (χ2n) is 3.23. The highest BCUT2D eigenvalue weighted by atomic mass is 79.9. The van der Waals surface area contributed by atoms with Crippen LogP contribution in [0.2, 0.25) is 0 Å². The first-order valence-corrected chi connectivity index (χ1v) is 5.12. The van der Waals surface area contributed by atoms with Crippen molar-refractivity contribution in [1.82, 2.24) is 4.98 Å². The van der Waals surface area contributed by atoms with Crippen LogP contribution in [0.25, 0.3) is 0 Å². The zero-order chi connectivity index (χ0) is 10.1. The molecule has 76 valence electrons. The van der Waals surface area contributed by atoms with E-state index < -0.39 is 0 Å². The maximum absolute atomic E-state index is 5.69. The second-order valence-corrected chi connectivity index (χ2v) is 4.03. The molecule has 0 amide bonds. The predicted molar refractivity (Wildman–Crippen MR) is 56.3 cm³/mol. The molecule has 0 bridgehead atoms. The van der Waals surface area contributed by atoms with E-state index in [1.165, 1.54) is 0 Å². The molecule has 1 fully saturated rings. The van der Waals surface area contributed by atoms with E-state index in [-0.39, 0.29) is 6.10 Å². The first-order valence-electron chi connectivity index (χ1n) is 4.33. The number of aromatic nitrogens is 1. The van der Waals surface area contributed by atoms with E-state index in [1.807, 2.05) is 6.92 Å². The van der Waals surface area contributed by atoms with Crippen LogP contribution in [0.3, 0.4) is 0 Å². The SMILES string of the molecule is Cc1c(N)cnc(OC2COC2)c1Br. The smallest absolute Gasteiger partial charge is 0.228 e. The molecule has 0 saturated carbocycles. The molecule has 1 aromatic heterocycles. The Hall–Kier alpha value is -0.810. The van der Waals surface area contributed by atoms with Gasteiger partial charge >= 0.3 is 0 Å². The van der Waals surface area contributed by atoms with Gasteiger partial charge in [0.2, 0.25) is 5.88 Å². The van der Waals surface area contributed by atoms with Crippen molar-refractivity contribution in [1.29, 1.82) is 0 Å². The zero-order valence-corrected chi connectivity index (χ0v) is 9.37. The summed E-state index contributed by atoms with van der Waals surface area (Å²) < 4.78 is 11.4. The van der Waals surface area contributed by atoms with Crippen LogP contribution in [0.5, 0.6) is 5.88 Å². The lowest BCUT2D eigenvalue weighted by Crippen LogP contribution is -2.38. The lowest BCUT2D eigenvalue weighted by Gasteiger charge is -2.26. The van der Waals surface area contributed by atoms with Crippen LogP contribution in [0.1, 0.15) is 5.56 Å². The Morgan fingerprint density at radius 1 is 1.64 bits per heavy atom. The Labute approximate surface area is 90.5 Å². The van der Waals surface area contributed by atoms with Crippen molar-refractivity contribution >= 4 is 21.6 Å². The van der Waals surface area contributed by atoms with Crippen molar-refractivity contribution in [3.63, 3.8) is 0 Å². The van der Waals surface area contributed by atoms with Gasteiger partial charge in [-0.05, 0) is 28.4 Å². The molecule has 14 heavy (non-hydrogen) atoms. The molecule has 0 unspecified atom stereocenters. The molecule has 4 nitrogen and oxygen atoms in total. The average molecular weight is 259 g/mol. The number of nitrogens with zero attached hydrogens (tertiary/aromatic N) is 1. The van der Waals surface area contributed by atoms with Crippen molar-refractivity contribution in [2.45, 2.75) is 13.0 Å². The number of rotatable bonds is 2. The van der Waals surface area contributed by atoms with Crippen LogP contribution in [0.15, 0.2) is 10.7 Å². The van der Waals surface area contributed by atoms with Crippen molar-refractivity contribution in [3.8, 4) is 5.88 Å².